The zero-order chi connectivity index (χ0) is 16.8. The molecule has 2 N–H and O–H groups in total. The molecule has 2 rings (SSSR count). The van der Waals surface area contributed by atoms with Crippen molar-refractivity contribution >= 4 is 11.7 Å². The lowest BCUT2D eigenvalue weighted by Gasteiger charge is -2.14. The lowest BCUT2D eigenvalue weighted by Crippen LogP contribution is -2.28. The van der Waals surface area contributed by atoms with Crippen LogP contribution in [0, 0.1) is 6.92 Å². The maximum atomic E-state index is 11.9. The zero-order valence-electron chi connectivity index (χ0n) is 13.3. The molecule has 0 fully saturated rings. The first-order valence-electron chi connectivity index (χ1n) is 6.71. The Morgan fingerprint density at radius 3 is 2.30 bits per heavy atom. The second-order valence-electron chi connectivity index (χ2n) is 4.46. The molecule has 0 unspecified atom stereocenters. The Kier molecular flexibility index (Phi) is 5.23. The third-order valence-corrected chi connectivity index (χ3v) is 2.89. The SMILES string of the molecule is COc1cc(NC(=O)NCc2nc(C)no2)cc(OC)c1OC. The van der Waals surface area contributed by atoms with Gasteiger partial charge in [-0.15, -0.1) is 0 Å². The summed E-state index contributed by atoms with van der Waals surface area (Å²) in [6, 6.07) is 2.81. The van der Waals surface area contributed by atoms with Crippen molar-refractivity contribution in [3.8, 4) is 17.2 Å². The molecule has 0 aliphatic rings. The van der Waals surface area contributed by atoms with Crippen molar-refractivity contribution in [3.05, 3.63) is 23.8 Å². The molecule has 1 aromatic heterocycles. The Bertz CT molecular complexity index is 661. The average molecular weight is 322 g/mol. The Morgan fingerprint density at radius 1 is 1.17 bits per heavy atom. The molecule has 9 nitrogen and oxygen atoms in total. The van der Waals surface area contributed by atoms with E-state index in [1.54, 1.807) is 19.1 Å². The number of nitrogens with one attached hydrogen (secondary N) is 2. The molecule has 0 bridgehead atoms. The van der Waals surface area contributed by atoms with Crippen LogP contribution in [0.3, 0.4) is 0 Å². The van der Waals surface area contributed by atoms with E-state index in [0.717, 1.165) is 0 Å². The van der Waals surface area contributed by atoms with Crippen molar-refractivity contribution in [2.24, 2.45) is 0 Å². The van der Waals surface area contributed by atoms with Crippen molar-refractivity contribution in [2.75, 3.05) is 26.6 Å². The van der Waals surface area contributed by atoms with Crippen molar-refractivity contribution < 1.29 is 23.5 Å². The summed E-state index contributed by atoms with van der Waals surface area (Å²) in [5.41, 5.74) is 0.485. The predicted octanol–water partition coefficient (Wildman–Crippen LogP) is 1.73. The number of nitrogens with zero attached hydrogens (tertiary/aromatic N) is 2. The largest absolute Gasteiger partial charge is 0.493 e. The summed E-state index contributed by atoms with van der Waals surface area (Å²) in [6.45, 7) is 1.82. The predicted molar refractivity (Wildman–Crippen MR) is 81.0 cm³/mol. The van der Waals surface area contributed by atoms with E-state index >= 15 is 0 Å². The van der Waals surface area contributed by atoms with Crippen LogP contribution in [0.25, 0.3) is 0 Å². The fourth-order valence-electron chi connectivity index (χ4n) is 1.90. The molecule has 0 aliphatic carbocycles. The van der Waals surface area contributed by atoms with Gasteiger partial charge in [-0.2, -0.15) is 4.98 Å². The molecule has 0 spiro atoms. The lowest BCUT2D eigenvalue weighted by molar-refractivity contribution is 0.249. The molecule has 23 heavy (non-hydrogen) atoms. The van der Waals surface area contributed by atoms with Gasteiger partial charge in [-0.05, 0) is 6.92 Å². The van der Waals surface area contributed by atoms with Gasteiger partial charge in [-0.3, -0.25) is 0 Å². The number of amides is 2. The number of hydrogen-bond donors (Lipinski definition) is 2. The molecule has 1 heterocycles. The van der Waals surface area contributed by atoms with Crippen LogP contribution in [0.4, 0.5) is 10.5 Å². The minimum absolute atomic E-state index is 0.122. The van der Waals surface area contributed by atoms with Crippen LogP contribution in [-0.2, 0) is 6.54 Å². The topological polar surface area (TPSA) is 108 Å². The van der Waals surface area contributed by atoms with Gasteiger partial charge < -0.3 is 29.4 Å². The van der Waals surface area contributed by atoms with Crippen molar-refractivity contribution in [1.29, 1.82) is 0 Å². The molecule has 1 aromatic carbocycles. The van der Waals surface area contributed by atoms with E-state index in [1.165, 1.54) is 21.3 Å². The number of benzene rings is 1. The van der Waals surface area contributed by atoms with Crippen molar-refractivity contribution in [3.63, 3.8) is 0 Å². The molecule has 0 radical (unpaired) electrons. The van der Waals surface area contributed by atoms with Crippen LogP contribution < -0.4 is 24.8 Å². The van der Waals surface area contributed by atoms with Gasteiger partial charge >= 0.3 is 6.03 Å². The molecular weight excluding hydrogens is 304 g/mol. The van der Waals surface area contributed by atoms with Crippen molar-refractivity contribution in [2.45, 2.75) is 13.5 Å². The number of aromatic nitrogens is 2. The fourth-order valence-corrected chi connectivity index (χ4v) is 1.90. The van der Waals surface area contributed by atoms with Gasteiger partial charge in [0.1, 0.15) is 0 Å². The van der Waals surface area contributed by atoms with Crippen LogP contribution in [0.5, 0.6) is 17.2 Å². The molecular formula is C14H18N4O5. The number of methoxy groups -OCH3 is 3. The first-order valence-corrected chi connectivity index (χ1v) is 6.71. The Morgan fingerprint density at radius 2 is 1.83 bits per heavy atom. The van der Waals surface area contributed by atoms with Gasteiger partial charge in [0, 0.05) is 12.1 Å². The Balaban J connectivity index is 2.05. The zero-order valence-corrected chi connectivity index (χ0v) is 13.3. The quantitative estimate of drug-likeness (QED) is 0.833. The molecule has 2 aromatic rings. The van der Waals surface area contributed by atoms with E-state index in [4.69, 9.17) is 18.7 Å². The van der Waals surface area contributed by atoms with Crippen molar-refractivity contribution in [1.82, 2.24) is 15.5 Å². The third-order valence-electron chi connectivity index (χ3n) is 2.89. The minimum Gasteiger partial charge on any atom is -0.493 e. The second kappa shape index (κ2) is 7.34. The monoisotopic (exact) mass is 322 g/mol. The van der Waals surface area contributed by atoms with Crippen LogP contribution in [-0.4, -0.2) is 37.5 Å². The van der Waals surface area contributed by atoms with Gasteiger partial charge in [0.05, 0.1) is 33.6 Å². The number of rotatable bonds is 6. The summed E-state index contributed by atoms with van der Waals surface area (Å²) in [5, 5.41) is 8.91. The average Bonchev–Trinajstić information content (AvgIpc) is 2.97. The number of anilines is 1. The van der Waals surface area contributed by atoms with E-state index < -0.39 is 6.03 Å². The molecule has 0 saturated carbocycles. The van der Waals surface area contributed by atoms with E-state index in [-0.39, 0.29) is 6.54 Å². The van der Waals surface area contributed by atoms with Gasteiger partial charge in [0.15, 0.2) is 17.3 Å². The minimum atomic E-state index is -0.435. The van der Waals surface area contributed by atoms with Crippen LogP contribution in [0.2, 0.25) is 0 Å². The highest BCUT2D eigenvalue weighted by Crippen LogP contribution is 2.39. The summed E-state index contributed by atoms with van der Waals surface area (Å²) in [7, 11) is 4.50. The third kappa shape index (κ3) is 4.02. The van der Waals surface area contributed by atoms with Gasteiger partial charge in [0.25, 0.3) is 0 Å². The van der Waals surface area contributed by atoms with Gasteiger partial charge in [-0.1, -0.05) is 5.16 Å². The van der Waals surface area contributed by atoms with Crippen LogP contribution in [0.1, 0.15) is 11.7 Å². The summed E-state index contributed by atoms with van der Waals surface area (Å²) in [6.07, 6.45) is 0. The lowest BCUT2D eigenvalue weighted by atomic mass is 10.2. The molecule has 9 heteroatoms. The highest BCUT2D eigenvalue weighted by molar-refractivity contribution is 5.90. The number of hydrogen-bond acceptors (Lipinski definition) is 7. The molecule has 124 valence electrons. The first kappa shape index (κ1) is 16.4. The standard InChI is InChI=1S/C14H18N4O5/c1-8-16-12(23-18-8)7-15-14(19)17-9-5-10(20-2)13(22-4)11(6-9)21-3/h5-6H,7H2,1-4H3,(H2,15,17,19). The summed E-state index contributed by atoms with van der Waals surface area (Å²) in [4.78, 5) is 15.9. The Hall–Kier alpha value is -2.97. The number of urea groups is 1. The first-order chi connectivity index (χ1) is 11.1. The van der Waals surface area contributed by atoms with Gasteiger partial charge in [-0.25, -0.2) is 4.79 Å². The normalized spacial score (nSPS) is 10.1. The van der Waals surface area contributed by atoms with E-state index in [2.05, 4.69) is 20.8 Å². The van der Waals surface area contributed by atoms with Gasteiger partial charge in [0.2, 0.25) is 11.6 Å². The second-order valence-corrected chi connectivity index (χ2v) is 4.46. The molecule has 0 saturated heterocycles. The Labute approximate surface area is 132 Å². The van der Waals surface area contributed by atoms with Crippen LogP contribution >= 0.6 is 0 Å². The summed E-state index contributed by atoms with van der Waals surface area (Å²) >= 11 is 0. The van der Waals surface area contributed by atoms with Crippen LogP contribution in [0.15, 0.2) is 16.7 Å². The van der Waals surface area contributed by atoms with E-state index in [0.29, 0.717) is 34.7 Å². The molecule has 0 atom stereocenters. The number of carbonyl (C=O) groups is 1. The van der Waals surface area contributed by atoms with E-state index in [9.17, 15) is 4.79 Å². The van der Waals surface area contributed by atoms with E-state index in [1.807, 2.05) is 0 Å². The molecule has 0 aliphatic heterocycles. The highest BCUT2D eigenvalue weighted by atomic mass is 16.5. The maximum absolute atomic E-state index is 11.9. The number of ether oxygens (including phenoxy) is 3. The fraction of sp³-hybridized carbons (Fsp3) is 0.357. The number of carbonyl (C=O) groups excluding carboxylic acids is 1. The summed E-state index contributed by atoms with van der Waals surface area (Å²) < 4.78 is 20.6. The summed E-state index contributed by atoms with van der Waals surface area (Å²) in [5.74, 6) is 2.15. The number of aryl methyl sites for hydroxylation is 1. The smallest absolute Gasteiger partial charge is 0.319 e. The highest BCUT2D eigenvalue weighted by Gasteiger charge is 2.14. The molecule has 2 amide bonds. The maximum Gasteiger partial charge on any atom is 0.319 e.